The normalized spacial score (nSPS) is 24.7. The van der Waals surface area contributed by atoms with Crippen LogP contribution in [0.2, 0.25) is 0 Å². The van der Waals surface area contributed by atoms with Gasteiger partial charge in [-0.3, -0.25) is 9.69 Å². The SMILES string of the molecule is COC(=O)C(C)(N)CC(C)N(CC1CC1)C1CC1. The quantitative estimate of drug-likeness (QED) is 0.700. The van der Waals surface area contributed by atoms with Crippen molar-refractivity contribution in [1.29, 1.82) is 0 Å². The van der Waals surface area contributed by atoms with Crippen LogP contribution in [0.1, 0.15) is 46.0 Å². The smallest absolute Gasteiger partial charge is 0.325 e. The number of ether oxygens (including phenoxy) is 1. The Kier molecular flexibility index (Phi) is 3.97. The van der Waals surface area contributed by atoms with Crippen molar-refractivity contribution in [1.82, 2.24) is 4.90 Å². The maximum Gasteiger partial charge on any atom is 0.325 e. The average Bonchev–Trinajstić information content (AvgIpc) is 3.14. The highest BCUT2D eigenvalue weighted by atomic mass is 16.5. The first-order valence-corrected chi connectivity index (χ1v) is 7.07. The molecule has 0 amide bonds. The molecule has 0 aromatic carbocycles. The third-order valence-corrected chi connectivity index (χ3v) is 4.12. The summed E-state index contributed by atoms with van der Waals surface area (Å²) in [7, 11) is 1.40. The van der Waals surface area contributed by atoms with Gasteiger partial charge >= 0.3 is 5.97 Å². The molecule has 18 heavy (non-hydrogen) atoms. The number of hydrogen-bond acceptors (Lipinski definition) is 4. The zero-order valence-electron chi connectivity index (χ0n) is 11.8. The second-order valence-corrected chi connectivity index (χ2v) is 6.33. The molecule has 0 radical (unpaired) electrons. The number of rotatable bonds is 7. The molecule has 0 aromatic rings. The fourth-order valence-electron chi connectivity index (χ4n) is 2.74. The van der Waals surface area contributed by atoms with E-state index in [1.165, 1.54) is 39.3 Å². The summed E-state index contributed by atoms with van der Waals surface area (Å²) in [5.74, 6) is 0.576. The van der Waals surface area contributed by atoms with Crippen molar-refractivity contribution in [2.45, 2.75) is 63.6 Å². The minimum Gasteiger partial charge on any atom is -0.468 e. The van der Waals surface area contributed by atoms with Crippen molar-refractivity contribution < 1.29 is 9.53 Å². The van der Waals surface area contributed by atoms with Crippen LogP contribution in [0.4, 0.5) is 0 Å². The van der Waals surface area contributed by atoms with Crippen LogP contribution in [0, 0.1) is 5.92 Å². The van der Waals surface area contributed by atoms with Crippen LogP contribution >= 0.6 is 0 Å². The summed E-state index contributed by atoms with van der Waals surface area (Å²) in [5, 5.41) is 0. The molecule has 2 aliphatic carbocycles. The Morgan fingerprint density at radius 1 is 1.44 bits per heavy atom. The number of hydrogen-bond donors (Lipinski definition) is 1. The molecule has 2 N–H and O–H groups in total. The van der Waals surface area contributed by atoms with Crippen molar-refractivity contribution in [2.75, 3.05) is 13.7 Å². The van der Waals surface area contributed by atoms with Crippen LogP contribution in [0.15, 0.2) is 0 Å². The highest BCUT2D eigenvalue weighted by molar-refractivity contribution is 5.79. The number of esters is 1. The standard InChI is InChI=1S/C14H26N2O2/c1-10(8-14(2,15)13(17)18-3)16(12-6-7-12)9-11-4-5-11/h10-12H,4-9,15H2,1-3H3. The largest absolute Gasteiger partial charge is 0.468 e. The van der Waals surface area contributed by atoms with Gasteiger partial charge in [-0.05, 0) is 51.9 Å². The van der Waals surface area contributed by atoms with Gasteiger partial charge in [0, 0.05) is 18.6 Å². The molecule has 0 aliphatic heterocycles. The number of nitrogens with zero attached hydrogens (tertiary/aromatic N) is 1. The molecule has 0 aromatic heterocycles. The van der Waals surface area contributed by atoms with Crippen molar-refractivity contribution in [2.24, 2.45) is 11.7 Å². The molecule has 2 unspecified atom stereocenters. The van der Waals surface area contributed by atoms with E-state index in [1.54, 1.807) is 6.92 Å². The lowest BCUT2D eigenvalue weighted by molar-refractivity contribution is -0.147. The molecule has 104 valence electrons. The van der Waals surface area contributed by atoms with Crippen molar-refractivity contribution >= 4 is 5.97 Å². The van der Waals surface area contributed by atoms with Crippen LogP contribution in [-0.4, -0.2) is 42.1 Å². The Balaban J connectivity index is 1.91. The van der Waals surface area contributed by atoms with E-state index in [9.17, 15) is 4.79 Å². The molecule has 2 fully saturated rings. The molecule has 4 heteroatoms. The summed E-state index contributed by atoms with van der Waals surface area (Å²) in [4.78, 5) is 14.2. The van der Waals surface area contributed by atoms with Gasteiger partial charge in [-0.25, -0.2) is 0 Å². The molecular formula is C14H26N2O2. The van der Waals surface area contributed by atoms with Gasteiger partial charge in [-0.2, -0.15) is 0 Å². The topological polar surface area (TPSA) is 55.6 Å². The molecule has 2 rings (SSSR count). The fourth-order valence-corrected chi connectivity index (χ4v) is 2.74. The molecule has 4 nitrogen and oxygen atoms in total. The zero-order valence-corrected chi connectivity index (χ0v) is 11.8. The number of methoxy groups -OCH3 is 1. The second-order valence-electron chi connectivity index (χ2n) is 6.33. The Bertz CT molecular complexity index is 309. The number of nitrogens with two attached hydrogens (primary N) is 1. The van der Waals surface area contributed by atoms with Crippen molar-refractivity contribution in [3.05, 3.63) is 0 Å². The van der Waals surface area contributed by atoms with Gasteiger partial charge in [0.15, 0.2) is 0 Å². The van der Waals surface area contributed by atoms with Gasteiger partial charge in [0.1, 0.15) is 5.54 Å². The number of carbonyl (C=O) groups excluding carboxylic acids is 1. The second kappa shape index (κ2) is 5.17. The van der Waals surface area contributed by atoms with Gasteiger partial charge in [-0.15, -0.1) is 0 Å². The lowest BCUT2D eigenvalue weighted by Crippen LogP contribution is -2.51. The molecule has 0 saturated heterocycles. The summed E-state index contributed by atoms with van der Waals surface area (Å²) in [6.45, 7) is 5.15. The van der Waals surface area contributed by atoms with Gasteiger partial charge in [0.05, 0.1) is 7.11 Å². The van der Waals surface area contributed by atoms with E-state index in [0.29, 0.717) is 12.5 Å². The van der Waals surface area contributed by atoms with Gasteiger partial charge in [0.2, 0.25) is 0 Å². The first-order valence-electron chi connectivity index (χ1n) is 7.07. The molecular weight excluding hydrogens is 228 g/mol. The van der Waals surface area contributed by atoms with E-state index in [2.05, 4.69) is 11.8 Å². The molecule has 0 heterocycles. The van der Waals surface area contributed by atoms with Crippen LogP contribution in [0.25, 0.3) is 0 Å². The molecule has 0 bridgehead atoms. The lowest BCUT2D eigenvalue weighted by atomic mass is 9.94. The minimum absolute atomic E-state index is 0.309. The molecule has 2 aliphatic rings. The van der Waals surface area contributed by atoms with Crippen LogP contribution in [-0.2, 0) is 9.53 Å². The fraction of sp³-hybridized carbons (Fsp3) is 0.929. The van der Waals surface area contributed by atoms with Gasteiger partial charge in [0.25, 0.3) is 0 Å². The van der Waals surface area contributed by atoms with Crippen LogP contribution in [0.5, 0.6) is 0 Å². The predicted molar refractivity (Wildman–Crippen MR) is 71.1 cm³/mol. The van der Waals surface area contributed by atoms with E-state index in [1.807, 2.05) is 0 Å². The van der Waals surface area contributed by atoms with Crippen LogP contribution in [0.3, 0.4) is 0 Å². The maximum absolute atomic E-state index is 11.6. The monoisotopic (exact) mass is 254 g/mol. The first kappa shape index (κ1) is 13.8. The van der Waals surface area contributed by atoms with Gasteiger partial charge < -0.3 is 10.5 Å². The van der Waals surface area contributed by atoms with E-state index < -0.39 is 5.54 Å². The minimum atomic E-state index is -0.870. The summed E-state index contributed by atoms with van der Waals surface area (Å²) in [6, 6.07) is 1.08. The Morgan fingerprint density at radius 3 is 2.50 bits per heavy atom. The summed E-state index contributed by atoms with van der Waals surface area (Å²) in [6.07, 6.45) is 6.01. The Hall–Kier alpha value is -0.610. The van der Waals surface area contributed by atoms with Gasteiger partial charge in [-0.1, -0.05) is 0 Å². The first-order chi connectivity index (χ1) is 8.44. The van der Waals surface area contributed by atoms with Crippen molar-refractivity contribution in [3.63, 3.8) is 0 Å². The summed E-state index contributed by atoms with van der Waals surface area (Å²) >= 11 is 0. The zero-order chi connectivity index (χ0) is 13.3. The highest BCUT2D eigenvalue weighted by Crippen LogP contribution is 2.37. The maximum atomic E-state index is 11.6. The molecule has 2 saturated carbocycles. The predicted octanol–water partition coefficient (Wildman–Crippen LogP) is 1.53. The van der Waals surface area contributed by atoms with E-state index in [4.69, 9.17) is 10.5 Å². The Labute approximate surface area is 110 Å². The van der Waals surface area contributed by atoms with Crippen LogP contribution < -0.4 is 5.73 Å². The van der Waals surface area contributed by atoms with E-state index >= 15 is 0 Å². The Morgan fingerprint density at radius 2 is 2.06 bits per heavy atom. The molecule has 0 spiro atoms. The van der Waals surface area contributed by atoms with E-state index in [-0.39, 0.29) is 5.97 Å². The average molecular weight is 254 g/mol. The van der Waals surface area contributed by atoms with E-state index in [0.717, 1.165) is 12.0 Å². The van der Waals surface area contributed by atoms with Crippen molar-refractivity contribution in [3.8, 4) is 0 Å². The third-order valence-electron chi connectivity index (χ3n) is 4.12. The summed E-state index contributed by atoms with van der Waals surface area (Å²) < 4.78 is 4.78. The molecule has 2 atom stereocenters. The third kappa shape index (κ3) is 3.45. The summed E-state index contributed by atoms with van der Waals surface area (Å²) in [5.41, 5.74) is 5.21. The lowest BCUT2D eigenvalue weighted by Gasteiger charge is -2.34. The number of carbonyl (C=O) groups is 1. The highest BCUT2D eigenvalue weighted by Gasteiger charge is 2.39.